The largest absolute Gasteiger partial charge is 0.342 e. The first-order chi connectivity index (χ1) is 14.8. The van der Waals surface area contributed by atoms with Crippen LogP contribution in [0.5, 0.6) is 0 Å². The number of nitrogens with one attached hydrogen (secondary N) is 1. The Morgan fingerprint density at radius 2 is 1.60 bits per heavy atom. The number of hydrogen-bond donors (Lipinski definition) is 1. The average Bonchev–Trinajstić information content (AvgIpc) is 3.10. The van der Waals surface area contributed by atoms with Crippen LogP contribution in [-0.2, 0) is 4.79 Å². The maximum Gasteiger partial charge on any atom is 0.241 e. The summed E-state index contributed by atoms with van der Waals surface area (Å²) in [5.74, 6) is 1.76. The predicted octanol–water partition coefficient (Wildman–Crippen LogP) is 4.52. The van der Waals surface area contributed by atoms with E-state index in [1.165, 1.54) is 63.4 Å². The van der Waals surface area contributed by atoms with E-state index in [4.69, 9.17) is 0 Å². The normalized spacial score (nSPS) is 31.1. The third-order valence-electron chi connectivity index (χ3n) is 8.71. The molecule has 0 aromatic heterocycles. The van der Waals surface area contributed by atoms with E-state index in [0.717, 1.165) is 45.1 Å². The zero-order valence-electron chi connectivity index (χ0n) is 18.5. The molecule has 0 bridgehead atoms. The van der Waals surface area contributed by atoms with Crippen molar-refractivity contribution in [1.29, 1.82) is 0 Å². The summed E-state index contributed by atoms with van der Waals surface area (Å²) in [4.78, 5) is 18.3. The molecule has 164 valence electrons. The van der Waals surface area contributed by atoms with Crippen LogP contribution in [0.2, 0.25) is 0 Å². The predicted molar refractivity (Wildman–Crippen MR) is 121 cm³/mol. The molecule has 2 aliphatic carbocycles. The van der Waals surface area contributed by atoms with Crippen molar-refractivity contribution in [3.05, 3.63) is 35.9 Å². The molecule has 2 atom stereocenters. The minimum absolute atomic E-state index is 0.231. The summed E-state index contributed by atoms with van der Waals surface area (Å²) in [6.45, 7) is 4.03. The summed E-state index contributed by atoms with van der Waals surface area (Å²) in [6.07, 6.45) is 14.2. The molecule has 30 heavy (non-hydrogen) atoms. The number of hydrogen-bond acceptors (Lipinski definition) is 3. The number of nitrogens with zero attached hydrogens (tertiary/aromatic N) is 2. The number of carbonyl (C=O) groups excluding carboxylic acids is 1. The van der Waals surface area contributed by atoms with Crippen LogP contribution < -0.4 is 5.32 Å². The molecule has 0 unspecified atom stereocenters. The number of amides is 1. The molecule has 1 spiro atoms. The van der Waals surface area contributed by atoms with Crippen LogP contribution in [0.3, 0.4) is 0 Å². The summed E-state index contributed by atoms with van der Waals surface area (Å²) in [5, 5.41) is 3.22. The Morgan fingerprint density at radius 3 is 2.37 bits per heavy atom. The Labute approximate surface area is 182 Å². The Bertz CT molecular complexity index is 706. The molecule has 4 aliphatic rings. The first-order valence-corrected chi connectivity index (χ1v) is 12.6. The molecule has 4 heteroatoms. The number of rotatable bonds is 4. The van der Waals surface area contributed by atoms with Crippen molar-refractivity contribution in [2.75, 3.05) is 26.3 Å². The van der Waals surface area contributed by atoms with Crippen LogP contribution in [0.15, 0.2) is 30.3 Å². The fraction of sp³-hybridized carbons (Fsp3) is 0.731. The van der Waals surface area contributed by atoms with Crippen molar-refractivity contribution < 1.29 is 4.79 Å². The van der Waals surface area contributed by atoms with Gasteiger partial charge < -0.3 is 5.32 Å². The van der Waals surface area contributed by atoms with Gasteiger partial charge in [-0.25, -0.2) is 0 Å². The van der Waals surface area contributed by atoms with Crippen LogP contribution in [0.1, 0.15) is 82.1 Å². The lowest BCUT2D eigenvalue weighted by Gasteiger charge is -2.48. The van der Waals surface area contributed by atoms with Gasteiger partial charge in [0.2, 0.25) is 5.91 Å². The zero-order chi connectivity index (χ0) is 20.4. The van der Waals surface area contributed by atoms with Crippen LogP contribution in [0, 0.1) is 5.92 Å². The molecule has 1 N–H and O–H groups in total. The number of piperidine rings is 1. The monoisotopic (exact) mass is 409 g/mol. The molecular weight excluding hydrogens is 370 g/mol. The quantitative estimate of drug-likeness (QED) is 0.794. The van der Waals surface area contributed by atoms with Gasteiger partial charge in [-0.15, -0.1) is 0 Å². The number of likely N-dealkylation sites (tertiary alicyclic amines) is 1. The van der Waals surface area contributed by atoms with Crippen LogP contribution in [0.4, 0.5) is 0 Å². The highest BCUT2D eigenvalue weighted by Crippen LogP contribution is 2.40. The van der Waals surface area contributed by atoms with Crippen molar-refractivity contribution in [3.8, 4) is 0 Å². The van der Waals surface area contributed by atoms with E-state index in [2.05, 4.69) is 45.4 Å². The molecule has 2 saturated heterocycles. The van der Waals surface area contributed by atoms with Crippen molar-refractivity contribution in [2.24, 2.45) is 5.92 Å². The van der Waals surface area contributed by atoms with Gasteiger partial charge in [0, 0.05) is 25.7 Å². The van der Waals surface area contributed by atoms with Gasteiger partial charge in [-0.2, -0.15) is 0 Å². The summed E-state index contributed by atoms with van der Waals surface area (Å²) in [7, 11) is 0. The summed E-state index contributed by atoms with van der Waals surface area (Å²) >= 11 is 0. The lowest BCUT2D eigenvalue weighted by Crippen LogP contribution is -2.59. The smallest absolute Gasteiger partial charge is 0.241 e. The van der Waals surface area contributed by atoms with Gasteiger partial charge >= 0.3 is 0 Å². The van der Waals surface area contributed by atoms with E-state index in [1.807, 2.05) is 0 Å². The summed E-state index contributed by atoms with van der Waals surface area (Å²) < 4.78 is 0. The Balaban J connectivity index is 1.26. The first kappa shape index (κ1) is 20.5. The van der Waals surface area contributed by atoms with Crippen molar-refractivity contribution in [1.82, 2.24) is 15.1 Å². The second-order valence-corrected chi connectivity index (χ2v) is 10.3. The van der Waals surface area contributed by atoms with Crippen LogP contribution >= 0.6 is 0 Å². The molecule has 2 aliphatic heterocycles. The lowest BCUT2D eigenvalue weighted by molar-refractivity contribution is -0.130. The standard InChI is InChI=1S/C26H39N3O/c30-25-26(29(20-27-25)19-21-9-3-1-4-10-21)15-17-28(18-16-26)24-14-8-7-13-23(24)22-11-5-2-6-12-22/h2,5-6,11-12,21,23-24H,1,3-4,7-10,13-20H2,(H,27,30)/t23-,24-/m0/s1. The summed E-state index contributed by atoms with van der Waals surface area (Å²) in [5.41, 5.74) is 1.28. The highest BCUT2D eigenvalue weighted by Gasteiger charge is 2.51. The highest BCUT2D eigenvalue weighted by molar-refractivity contribution is 5.88. The van der Waals surface area contributed by atoms with Crippen molar-refractivity contribution in [3.63, 3.8) is 0 Å². The molecule has 1 aromatic rings. The second-order valence-electron chi connectivity index (χ2n) is 10.3. The second kappa shape index (κ2) is 9.00. The first-order valence-electron chi connectivity index (χ1n) is 12.6. The van der Waals surface area contributed by atoms with Gasteiger partial charge in [0.1, 0.15) is 5.54 Å². The maximum atomic E-state index is 13.0. The summed E-state index contributed by atoms with van der Waals surface area (Å²) in [6, 6.07) is 11.8. The van der Waals surface area contributed by atoms with Gasteiger partial charge in [-0.05, 0) is 55.9 Å². The maximum absolute atomic E-state index is 13.0. The highest BCUT2D eigenvalue weighted by atomic mass is 16.2. The SMILES string of the molecule is O=C1NCN(CC2CCCCC2)C12CCN([C@H]1CCCC[C@H]1c1ccccc1)CC2. The topological polar surface area (TPSA) is 35.6 Å². The minimum Gasteiger partial charge on any atom is -0.342 e. The fourth-order valence-corrected chi connectivity index (χ4v) is 6.95. The molecular formula is C26H39N3O. The molecule has 1 aromatic carbocycles. The van der Waals surface area contributed by atoms with Crippen molar-refractivity contribution >= 4 is 5.91 Å². The van der Waals surface area contributed by atoms with E-state index in [-0.39, 0.29) is 5.54 Å². The number of carbonyl (C=O) groups is 1. The fourth-order valence-electron chi connectivity index (χ4n) is 6.95. The van der Waals surface area contributed by atoms with Gasteiger partial charge in [-0.1, -0.05) is 62.4 Å². The van der Waals surface area contributed by atoms with Crippen molar-refractivity contribution in [2.45, 2.75) is 88.1 Å². The van der Waals surface area contributed by atoms with E-state index >= 15 is 0 Å². The van der Waals surface area contributed by atoms with Gasteiger partial charge in [0.25, 0.3) is 0 Å². The minimum atomic E-state index is -0.231. The molecule has 5 rings (SSSR count). The third-order valence-corrected chi connectivity index (χ3v) is 8.71. The lowest BCUT2D eigenvalue weighted by atomic mass is 9.77. The molecule has 2 heterocycles. The van der Waals surface area contributed by atoms with Gasteiger partial charge in [0.05, 0.1) is 6.67 Å². The zero-order valence-corrected chi connectivity index (χ0v) is 18.5. The Hall–Kier alpha value is -1.39. The third kappa shape index (κ3) is 3.93. The molecule has 1 amide bonds. The molecule has 0 radical (unpaired) electrons. The van der Waals surface area contributed by atoms with E-state index in [9.17, 15) is 4.79 Å². The van der Waals surface area contributed by atoms with Gasteiger partial charge in [-0.3, -0.25) is 14.6 Å². The van der Waals surface area contributed by atoms with E-state index < -0.39 is 0 Å². The molecule has 4 nitrogen and oxygen atoms in total. The van der Waals surface area contributed by atoms with E-state index in [1.54, 1.807) is 0 Å². The van der Waals surface area contributed by atoms with Gasteiger partial charge in [0.15, 0.2) is 0 Å². The molecule has 2 saturated carbocycles. The Morgan fingerprint density at radius 1 is 0.900 bits per heavy atom. The van der Waals surface area contributed by atoms with Crippen LogP contribution in [0.25, 0.3) is 0 Å². The Kier molecular flexibility index (Phi) is 6.15. The molecule has 4 fully saturated rings. The van der Waals surface area contributed by atoms with E-state index in [0.29, 0.717) is 17.9 Å². The average molecular weight is 410 g/mol. The number of benzene rings is 1. The van der Waals surface area contributed by atoms with Crippen LogP contribution in [-0.4, -0.2) is 53.6 Å².